The summed E-state index contributed by atoms with van der Waals surface area (Å²) in [5, 5.41) is 9.33. The number of hydrogen-bond donors (Lipinski definition) is 2. The van der Waals surface area contributed by atoms with E-state index >= 15 is 0 Å². The van der Waals surface area contributed by atoms with Crippen molar-refractivity contribution in [3.8, 4) is 0 Å². The van der Waals surface area contributed by atoms with E-state index < -0.39 is 10.0 Å². The van der Waals surface area contributed by atoms with Crippen molar-refractivity contribution in [1.82, 2.24) is 15.8 Å². The maximum absolute atomic E-state index is 11.9. The van der Waals surface area contributed by atoms with Crippen LogP contribution in [0.1, 0.15) is 37.9 Å². The predicted molar refractivity (Wildman–Crippen MR) is 86.8 cm³/mol. The van der Waals surface area contributed by atoms with Gasteiger partial charge in [0.05, 0.1) is 12.8 Å². The summed E-state index contributed by atoms with van der Waals surface area (Å²) >= 11 is 0. The zero-order chi connectivity index (χ0) is 16.9. The molecule has 0 atom stereocenters. The Labute approximate surface area is 136 Å². The molecule has 2 N–H and O–H groups in total. The molecule has 2 amide bonds. The minimum absolute atomic E-state index is 0.100. The highest BCUT2D eigenvalue weighted by atomic mass is 32.2. The van der Waals surface area contributed by atoms with E-state index in [0.717, 1.165) is 36.2 Å². The molecule has 0 unspecified atom stereocenters. The van der Waals surface area contributed by atoms with Gasteiger partial charge in [-0.2, -0.15) is 0 Å². The highest BCUT2D eigenvalue weighted by Crippen LogP contribution is 2.17. The molecule has 8 nitrogen and oxygen atoms in total. The maximum Gasteiger partial charge on any atom is 0.315 e. The number of urea groups is 1. The number of aromatic nitrogens is 1. The van der Waals surface area contributed by atoms with Gasteiger partial charge in [-0.1, -0.05) is 24.4 Å². The quantitative estimate of drug-likeness (QED) is 0.811. The molecule has 0 saturated heterocycles. The summed E-state index contributed by atoms with van der Waals surface area (Å²) in [7, 11) is -3.49. The maximum atomic E-state index is 11.9. The fraction of sp³-hybridized carbons (Fsp3) is 0.714. The van der Waals surface area contributed by atoms with E-state index in [1.54, 1.807) is 13.0 Å². The third-order valence-corrected chi connectivity index (χ3v) is 4.98. The average molecular weight is 344 g/mol. The van der Waals surface area contributed by atoms with Crippen LogP contribution in [0.25, 0.3) is 0 Å². The molecule has 0 spiro atoms. The first-order chi connectivity index (χ1) is 10.9. The molecule has 1 heterocycles. The molecule has 0 aromatic carbocycles. The SMILES string of the molecule is Cc1cc(N(CCNC(=O)NC2CCCCC2)S(C)(=O)=O)no1. The van der Waals surface area contributed by atoms with Gasteiger partial charge in [0.15, 0.2) is 5.82 Å². The van der Waals surface area contributed by atoms with Crippen LogP contribution in [-0.2, 0) is 10.0 Å². The summed E-state index contributed by atoms with van der Waals surface area (Å²) < 4.78 is 29.7. The lowest BCUT2D eigenvalue weighted by Crippen LogP contribution is -2.45. The zero-order valence-electron chi connectivity index (χ0n) is 13.5. The molecule has 1 saturated carbocycles. The van der Waals surface area contributed by atoms with Gasteiger partial charge in [-0.05, 0) is 19.8 Å². The molecule has 1 aromatic rings. The third kappa shape index (κ3) is 5.42. The first-order valence-electron chi connectivity index (χ1n) is 7.81. The van der Waals surface area contributed by atoms with Crippen molar-refractivity contribution < 1.29 is 17.7 Å². The molecule has 1 fully saturated rings. The number of carbonyl (C=O) groups excluding carboxylic acids is 1. The number of carbonyl (C=O) groups is 1. The van der Waals surface area contributed by atoms with E-state index in [1.165, 1.54) is 6.42 Å². The number of rotatable bonds is 6. The van der Waals surface area contributed by atoms with Gasteiger partial charge in [0, 0.05) is 18.7 Å². The molecule has 0 aliphatic heterocycles. The van der Waals surface area contributed by atoms with Crippen molar-refractivity contribution >= 4 is 21.9 Å². The summed E-state index contributed by atoms with van der Waals surface area (Å²) in [6.45, 7) is 1.98. The first-order valence-corrected chi connectivity index (χ1v) is 9.66. The summed E-state index contributed by atoms with van der Waals surface area (Å²) in [6.07, 6.45) is 6.60. The second-order valence-corrected chi connectivity index (χ2v) is 7.77. The lowest BCUT2D eigenvalue weighted by Gasteiger charge is -2.23. The smallest absolute Gasteiger partial charge is 0.315 e. The summed E-state index contributed by atoms with van der Waals surface area (Å²) in [5.74, 6) is 0.746. The number of anilines is 1. The van der Waals surface area contributed by atoms with Crippen LogP contribution >= 0.6 is 0 Å². The van der Waals surface area contributed by atoms with E-state index in [1.807, 2.05) is 0 Å². The van der Waals surface area contributed by atoms with Crippen LogP contribution in [0, 0.1) is 6.92 Å². The van der Waals surface area contributed by atoms with Gasteiger partial charge in [0.25, 0.3) is 0 Å². The molecule has 0 radical (unpaired) electrons. The van der Waals surface area contributed by atoms with Crippen molar-refractivity contribution in [1.29, 1.82) is 0 Å². The van der Waals surface area contributed by atoms with E-state index in [4.69, 9.17) is 4.52 Å². The van der Waals surface area contributed by atoms with Gasteiger partial charge in [-0.25, -0.2) is 17.5 Å². The Morgan fingerprint density at radius 1 is 1.39 bits per heavy atom. The molecule has 1 aliphatic carbocycles. The Morgan fingerprint density at radius 3 is 2.65 bits per heavy atom. The van der Waals surface area contributed by atoms with Crippen molar-refractivity contribution in [3.05, 3.63) is 11.8 Å². The standard InChI is InChI=1S/C14H24N4O4S/c1-11-10-13(17-22-11)18(23(2,20)21)9-8-15-14(19)16-12-6-4-3-5-7-12/h10,12H,3-9H2,1-2H3,(H2,15,16,19). The van der Waals surface area contributed by atoms with Crippen molar-refractivity contribution in [3.63, 3.8) is 0 Å². The summed E-state index contributed by atoms with van der Waals surface area (Å²) in [4.78, 5) is 11.9. The number of amides is 2. The molecule has 1 aliphatic rings. The Morgan fingerprint density at radius 2 is 2.09 bits per heavy atom. The molecule has 130 valence electrons. The highest BCUT2D eigenvalue weighted by molar-refractivity contribution is 7.92. The van der Waals surface area contributed by atoms with Gasteiger partial charge < -0.3 is 15.2 Å². The van der Waals surface area contributed by atoms with E-state index in [0.29, 0.717) is 5.76 Å². The van der Waals surface area contributed by atoms with Crippen LogP contribution in [-0.4, -0.2) is 45.0 Å². The van der Waals surface area contributed by atoms with Crippen molar-refractivity contribution in [2.45, 2.75) is 45.1 Å². The fourth-order valence-corrected chi connectivity index (χ4v) is 3.52. The lowest BCUT2D eigenvalue weighted by atomic mass is 9.96. The molecule has 2 rings (SSSR count). The monoisotopic (exact) mass is 344 g/mol. The number of aryl methyl sites for hydroxylation is 1. The van der Waals surface area contributed by atoms with Crippen molar-refractivity contribution in [2.75, 3.05) is 23.7 Å². The summed E-state index contributed by atoms with van der Waals surface area (Å²) in [6, 6.07) is 1.50. The number of nitrogens with one attached hydrogen (secondary N) is 2. The van der Waals surface area contributed by atoms with Gasteiger partial charge >= 0.3 is 6.03 Å². The topological polar surface area (TPSA) is 105 Å². The Bertz CT molecular complexity index is 622. The Kier molecular flexibility index (Phi) is 5.86. The van der Waals surface area contributed by atoms with Crippen LogP contribution in [0.3, 0.4) is 0 Å². The van der Waals surface area contributed by atoms with Gasteiger partial charge in [-0.3, -0.25) is 0 Å². The highest BCUT2D eigenvalue weighted by Gasteiger charge is 2.21. The molecule has 23 heavy (non-hydrogen) atoms. The van der Waals surface area contributed by atoms with Crippen LogP contribution in [0.5, 0.6) is 0 Å². The lowest BCUT2D eigenvalue weighted by molar-refractivity contribution is 0.233. The molecule has 1 aromatic heterocycles. The second-order valence-electron chi connectivity index (χ2n) is 5.87. The molecular formula is C14H24N4O4S. The predicted octanol–water partition coefficient (Wildman–Crippen LogP) is 1.38. The molecule has 0 bridgehead atoms. The van der Waals surface area contributed by atoms with Gasteiger partial charge in [0.1, 0.15) is 5.76 Å². The summed E-state index contributed by atoms with van der Waals surface area (Å²) in [5.41, 5.74) is 0. The van der Waals surface area contributed by atoms with E-state index in [-0.39, 0.29) is 31.0 Å². The fourth-order valence-electron chi connectivity index (χ4n) is 2.68. The molecular weight excluding hydrogens is 320 g/mol. The van der Waals surface area contributed by atoms with Gasteiger partial charge in [0.2, 0.25) is 10.0 Å². The number of sulfonamides is 1. The van der Waals surface area contributed by atoms with Crippen LogP contribution in [0.2, 0.25) is 0 Å². The minimum Gasteiger partial charge on any atom is -0.360 e. The molecule has 9 heteroatoms. The largest absolute Gasteiger partial charge is 0.360 e. The van der Waals surface area contributed by atoms with E-state index in [9.17, 15) is 13.2 Å². The van der Waals surface area contributed by atoms with Crippen LogP contribution < -0.4 is 14.9 Å². The average Bonchev–Trinajstić information content (AvgIpc) is 2.89. The number of nitrogens with zero attached hydrogens (tertiary/aromatic N) is 2. The minimum atomic E-state index is -3.49. The van der Waals surface area contributed by atoms with Gasteiger partial charge in [-0.15, -0.1) is 0 Å². The second kappa shape index (κ2) is 7.67. The Hall–Kier alpha value is -1.77. The zero-order valence-corrected chi connectivity index (χ0v) is 14.4. The number of hydrogen-bond acceptors (Lipinski definition) is 5. The van der Waals surface area contributed by atoms with Crippen LogP contribution in [0.15, 0.2) is 10.6 Å². The van der Waals surface area contributed by atoms with E-state index in [2.05, 4.69) is 15.8 Å². The first kappa shape index (κ1) is 17.6. The third-order valence-electron chi connectivity index (χ3n) is 3.81. The normalized spacial score (nSPS) is 16.1. The van der Waals surface area contributed by atoms with Crippen molar-refractivity contribution in [2.24, 2.45) is 0 Å². The van der Waals surface area contributed by atoms with Crippen LogP contribution in [0.4, 0.5) is 10.6 Å². The Balaban J connectivity index is 1.83.